The molecule has 2 fully saturated rings. The predicted molar refractivity (Wildman–Crippen MR) is 70.1 cm³/mol. The Bertz CT molecular complexity index is 307. The highest BCUT2D eigenvalue weighted by atomic mass is 16.8. The average Bonchev–Trinajstić information content (AvgIpc) is 2.84. The summed E-state index contributed by atoms with van der Waals surface area (Å²) < 4.78 is 22.8. The highest BCUT2D eigenvalue weighted by Gasteiger charge is 2.55. The van der Waals surface area contributed by atoms with Gasteiger partial charge in [0, 0.05) is 26.7 Å². The molecule has 0 unspecified atom stereocenters. The zero-order chi connectivity index (χ0) is 14.8. The maximum atomic E-state index is 9.06. The summed E-state index contributed by atoms with van der Waals surface area (Å²) in [5.74, 6) is -0.646. The van der Waals surface area contributed by atoms with Crippen LogP contribution in [0.15, 0.2) is 0 Å². The van der Waals surface area contributed by atoms with Gasteiger partial charge in [-0.2, -0.15) is 0 Å². The van der Waals surface area contributed by atoms with Gasteiger partial charge in [-0.05, 0) is 13.8 Å². The van der Waals surface area contributed by atoms with Crippen LogP contribution in [0.3, 0.4) is 0 Å². The first-order valence-corrected chi connectivity index (χ1v) is 6.98. The van der Waals surface area contributed by atoms with Gasteiger partial charge in [0.1, 0.15) is 18.3 Å². The summed E-state index contributed by atoms with van der Waals surface area (Å²) >= 11 is 0. The van der Waals surface area contributed by atoms with Crippen molar-refractivity contribution in [1.82, 2.24) is 4.90 Å². The molecule has 0 aromatic carbocycles. The van der Waals surface area contributed by atoms with E-state index in [2.05, 4.69) is 0 Å². The molecule has 2 rings (SSSR count). The third kappa shape index (κ3) is 3.48. The van der Waals surface area contributed by atoms with E-state index in [-0.39, 0.29) is 31.5 Å². The van der Waals surface area contributed by atoms with Crippen LogP contribution in [0.1, 0.15) is 13.8 Å². The van der Waals surface area contributed by atoms with Crippen LogP contribution in [-0.2, 0) is 18.9 Å². The minimum atomic E-state index is -0.646. The number of aliphatic hydroxyl groups excluding tert-OH is 2. The molecule has 2 heterocycles. The Morgan fingerprint density at radius 2 is 1.70 bits per heavy atom. The van der Waals surface area contributed by atoms with Crippen molar-refractivity contribution in [1.29, 1.82) is 0 Å². The van der Waals surface area contributed by atoms with Gasteiger partial charge in [-0.25, -0.2) is 0 Å². The zero-order valence-electron chi connectivity index (χ0n) is 12.3. The predicted octanol–water partition coefficient (Wildman–Crippen LogP) is -0.836. The van der Waals surface area contributed by atoms with E-state index < -0.39 is 12.1 Å². The van der Waals surface area contributed by atoms with Gasteiger partial charge in [0.15, 0.2) is 12.1 Å². The molecule has 20 heavy (non-hydrogen) atoms. The Morgan fingerprint density at radius 3 is 2.25 bits per heavy atom. The lowest BCUT2D eigenvalue weighted by Crippen LogP contribution is -2.42. The first-order valence-electron chi connectivity index (χ1n) is 6.98. The lowest BCUT2D eigenvalue weighted by molar-refractivity contribution is -0.228. The maximum Gasteiger partial charge on any atom is 0.186 e. The molecule has 0 aromatic rings. The highest BCUT2D eigenvalue weighted by molar-refractivity contribution is 4.96. The van der Waals surface area contributed by atoms with Crippen molar-refractivity contribution in [3.8, 4) is 0 Å². The quantitative estimate of drug-likeness (QED) is 0.633. The highest BCUT2D eigenvalue weighted by Crippen LogP contribution is 2.39. The van der Waals surface area contributed by atoms with Crippen molar-refractivity contribution < 1.29 is 29.2 Å². The van der Waals surface area contributed by atoms with E-state index >= 15 is 0 Å². The second kappa shape index (κ2) is 6.65. The minimum Gasteiger partial charge on any atom is -0.395 e. The number of methoxy groups -OCH3 is 1. The fourth-order valence-corrected chi connectivity index (χ4v) is 2.81. The second-order valence-corrected chi connectivity index (χ2v) is 5.59. The molecule has 0 aliphatic carbocycles. The first kappa shape index (κ1) is 16.1. The SMILES string of the molecule is CO[C@@H]1O[C@H](CN(CCO)CCO)[C@H]2OC(C)(C)O[C@@H]12. The Morgan fingerprint density at radius 1 is 1.10 bits per heavy atom. The summed E-state index contributed by atoms with van der Waals surface area (Å²) in [5.41, 5.74) is 0. The largest absolute Gasteiger partial charge is 0.395 e. The lowest BCUT2D eigenvalue weighted by atomic mass is 10.1. The molecule has 118 valence electrons. The Kier molecular flexibility index (Phi) is 5.36. The number of hydrogen-bond donors (Lipinski definition) is 2. The van der Waals surface area contributed by atoms with Gasteiger partial charge in [-0.1, -0.05) is 0 Å². The monoisotopic (exact) mass is 291 g/mol. The molecule has 7 heteroatoms. The molecule has 0 bridgehead atoms. The summed E-state index contributed by atoms with van der Waals surface area (Å²) in [4.78, 5) is 1.94. The molecule has 2 saturated heterocycles. The summed E-state index contributed by atoms with van der Waals surface area (Å²) in [7, 11) is 1.58. The van der Waals surface area contributed by atoms with Gasteiger partial charge in [0.25, 0.3) is 0 Å². The van der Waals surface area contributed by atoms with E-state index in [0.717, 1.165) is 0 Å². The van der Waals surface area contributed by atoms with E-state index in [4.69, 9.17) is 29.2 Å². The van der Waals surface area contributed by atoms with Crippen LogP contribution in [0.4, 0.5) is 0 Å². The topological polar surface area (TPSA) is 80.6 Å². The summed E-state index contributed by atoms with van der Waals surface area (Å²) in [6.45, 7) is 5.35. The van der Waals surface area contributed by atoms with E-state index in [1.807, 2.05) is 18.7 Å². The van der Waals surface area contributed by atoms with Crippen LogP contribution in [0, 0.1) is 0 Å². The van der Waals surface area contributed by atoms with Crippen molar-refractivity contribution in [2.24, 2.45) is 0 Å². The lowest BCUT2D eigenvalue weighted by Gasteiger charge is -2.27. The zero-order valence-corrected chi connectivity index (χ0v) is 12.3. The molecule has 0 spiro atoms. The molecule has 2 aliphatic heterocycles. The summed E-state index contributed by atoms with van der Waals surface area (Å²) in [6, 6.07) is 0. The Balaban J connectivity index is 2.00. The van der Waals surface area contributed by atoms with E-state index in [0.29, 0.717) is 19.6 Å². The molecule has 2 N–H and O–H groups in total. The van der Waals surface area contributed by atoms with Gasteiger partial charge in [-0.3, -0.25) is 4.90 Å². The van der Waals surface area contributed by atoms with Crippen molar-refractivity contribution in [3.05, 3.63) is 0 Å². The number of rotatable bonds is 7. The van der Waals surface area contributed by atoms with Crippen molar-refractivity contribution >= 4 is 0 Å². The summed E-state index contributed by atoms with van der Waals surface area (Å²) in [5, 5.41) is 18.1. The fourth-order valence-electron chi connectivity index (χ4n) is 2.81. The minimum absolute atomic E-state index is 0.0391. The normalized spacial score (nSPS) is 35.7. The molecular weight excluding hydrogens is 266 g/mol. The number of hydrogen-bond acceptors (Lipinski definition) is 7. The second-order valence-electron chi connectivity index (χ2n) is 5.59. The number of ether oxygens (including phenoxy) is 4. The Hall–Kier alpha value is -0.280. The van der Waals surface area contributed by atoms with Gasteiger partial charge < -0.3 is 29.2 Å². The fraction of sp³-hybridized carbons (Fsp3) is 1.00. The third-order valence-corrected chi connectivity index (χ3v) is 3.61. The number of nitrogens with zero attached hydrogens (tertiary/aromatic N) is 1. The van der Waals surface area contributed by atoms with Crippen LogP contribution in [-0.4, -0.2) is 85.5 Å². The molecule has 4 atom stereocenters. The van der Waals surface area contributed by atoms with Crippen LogP contribution < -0.4 is 0 Å². The third-order valence-electron chi connectivity index (χ3n) is 3.61. The van der Waals surface area contributed by atoms with Gasteiger partial charge in [0.05, 0.1) is 13.2 Å². The van der Waals surface area contributed by atoms with E-state index in [9.17, 15) is 0 Å². The van der Waals surface area contributed by atoms with Gasteiger partial charge >= 0.3 is 0 Å². The van der Waals surface area contributed by atoms with Gasteiger partial charge in [0.2, 0.25) is 0 Å². The average molecular weight is 291 g/mol. The van der Waals surface area contributed by atoms with Crippen molar-refractivity contribution in [2.75, 3.05) is 40.0 Å². The Labute approximate surface area is 119 Å². The molecule has 2 aliphatic rings. The number of aliphatic hydroxyl groups is 2. The van der Waals surface area contributed by atoms with Crippen molar-refractivity contribution in [3.63, 3.8) is 0 Å². The molecule has 7 nitrogen and oxygen atoms in total. The van der Waals surface area contributed by atoms with Crippen LogP contribution >= 0.6 is 0 Å². The molecule has 0 amide bonds. The molecular formula is C13H25NO6. The number of fused-ring (bicyclic) bond motifs is 1. The van der Waals surface area contributed by atoms with E-state index in [1.165, 1.54) is 0 Å². The van der Waals surface area contributed by atoms with Crippen LogP contribution in [0.25, 0.3) is 0 Å². The van der Waals surface area contributed by atoms with Gasteiger partial charge in [-0.15, -0.1) is 0 Å². The molecule has 0 saturated carbocycles. The molecule has 0 radical (unpaired) electrons. The van der Waals surface area contributed by atoms with E-state index in [1.54, 1.807) is 7.11 Å². The van der Waals surface area contributed by atoms with Crippen LogP contribution in [0.5, 0.6) is 0 Å². The molecule has 0 aromatic heterocycles. The van der Waals surface area contributed by atoms with Crippen molar-refractivity contribution in [2.45, 2.75) is 44.2 Å². The standard InChI is InChI=1S/C13H25NO6/c1-13(2)19-10-9(8-14(4-6-15)5-7-16)18-12(17-3)11(10)20-13/h9-12,15-16H,4-8H2,1-3H3/t9-,10-,11-,12-/m1/s1. The van der Waals surface area contributed by atoms with Crippen LogP contribution in [0.2, 0.25) is 0 Å². The maximum absolute atomic E-state index is 9.06. The smallest absolute Gasteiger partial charge is 0.186 e. The first-order chi connectivity index (χ1) is 9.50. The summed E-state index contributed by atoms with van der Waals surface area (Å²) in [6.07, 6.45) is -1.10.